The van der Waals surface area contributed by atoms with Crippen LogP contribution in [0.5, 0.6) is 0 Å². The van der Waals surface area contributed by atoms with Crippen molar-refractivity contribution in [2.24, 2.45) is 11.8 Å². The molecule has 0 spiro atoms. The summed E-state index contributed by atoms with van der Waals surface area (Å²) in [5.74, 6) is 1.56. The van der Waals surface area contributed by atoms with Crippen LogP contribution in [-0.2, 0) is 0 Å². The fraction of sp³-hybridized carbons (Fsp3) is 0.917. The van der Waals surface area contributed by atoms with Gasteiger partial charge < -0.3 is 10.6 Å². The van der Waals surface area contributed by atoms with E-state index in [0.29, 0.717) is 6.04 Å². The van der Waals surface area contributed by atoms with Crippen LogP contribution in [0.2, 0.25) is 0 Å². The van der Waals surface area contributed by atoms with E-state index in [1.165, 1.54) is 25.7 Å². The van der Waals surface area contributed by atoms with Gasteiger partial charge in [0.2, 0.25) is 0 Å². The van der Waals surface area contributed by atoms with Gasteiger partial charge in [-0.3, -0.25) is 0 Å². The topological polar surface area (TPSA) is 41.1 Å². The van der Waals surface area contributed by atoms with Crippen molar-refractivity contribution in [3.8, 4) is 0 Å². The molecule has 3 nitrogen and oxygen atoms in total. The Hall–Kier alpha value is -0.730. The fourth-order valence-corrected chi connectivity index (χ4v) is 2.39. The Kier molecular flexibility index (Phi) is 3.49. The molecule has 2 unspecified atom stereocenters. The molecule has 2 aliphatic carbocycles. The molecule has 0 aliphatic heterocycles. The van der Waals surface area contributed by atoms with Crippen LogP contribution in [0.25, 0.3) is 0 Å². The highest BCUT2D eigenvalue weighted by atomic mass is 16.2. The molecule has 0 bridgehead atoms. The smallest absolute Gasteiger partial charge is 0.315 e. The zero-order valence-electron chi connectivity index (χ0n) is 9.59. The lowest BCUT2D eigenvalue weighted by Gasteiger charge is -2.22. The van der Waals surface area contributed by atoms with E-state index in [1.54, 1.807) is 0 Å². The number of hydrogen-bond donors (Lipinski definition) is 2. The minimum Gasteiger partial charge on any atom is -0.338 e. The van der Waals surface area contributed by atoms with Crippen LogP contribution in [0.3, 0.4) is 0 Å². The lowest BCUT2D eigenvalue weighted by atomic mass is 9.96. The highest BCUT2D eigenvalue weighted by molar-refractivity contribution is 5.74. The van der Waals surface area contributed by atoms with Gasteiger partial charge in [0.05, 0.1) is 0 Å². The maximum atomic E-state index is 11.5. The number of carbonyl (C=O) groups excluding carboxylic acids is 1. The Morgan fingerprint density at radius 2 is 1.93 bits per heavy atom. The van der Waals surface area contributed by atoms with Crippen molar-refractivity contribution in [3.63, 3.8) is 0 Å². The molecule has 2 atom stereocenters. The average Bonchev–Trinajstić information content (AvgIpc) is 2.93. The second kappa shape index (κ2) is 4.86. The number of rotatable bonds is 3. The number of hydrogen-bond acceptors (Lipinski definition) is 1. The molecule has 0 aromatic heterocycles. The molecule has 2 rings (SSSR count). The van der Waals surface area contributed by atoms with Crippen LogP contribution < -0.4 is 10.6 Å². The first kappa shape index (κ1) is 10.8. The minimum atomic E-state index is 0.0426. The van der Waals surface area contributed by atoms with E-state index in [-0.39, 0.29) is 6.03 Å². The summed E-state index contributed by atoms with van der Waals surface area (Å²) in [4.78, 5) is 11.5. The Morgan fingerprint density at radius 1 is 1.27 bits per heavy atom. The van der Waals surface area contributed by atoms with Crippen LogP contribution in [0.15, 0.2) is 0 Å². The molecule has 2 amide bonds. The molecule has 0 saturated heterocycles. The number of amides is 2. The average molecular weight is 210 g/mol. The Bertz CT molecular complexity index is 224. The first-order chi connectivity index (χ1) is 7.25. The summed E-state index contributed by atoms with van der Waals surface area (Å²) in [6.45, 7) is 3.10. The van der Waals surface area contributed by atoms with Gasteiger partial charge in [-0.1, -0.05) is 26.2 Å². The monoisotopic (exact) mass is 210 g/mol. The second-order valence-corrected chi connectivity index (χ2v) is 5.16. The van der Waals surface area contributed by atoms with Crippen molar-refractivity contribution in [1.29, 1.82) is 0 Å². The summed E-state index contributed by atoms with van der Waals surface area (Å²) in [7, 11) is 0. The van der Waals surface area contributed by atoms with Gasteiger partial charge in [0.15, 0.2) is 0 Å². The van der Waals surface area contributed by atoms with Gasteiger partial charge in [0, 0.05) is 12.6 Å². The third-order valence-corrected chi connectivity index (χ3v) is 3.74. The predicted molar refractivity (Wildman–Crippen MR) is 60.7 cm³/mol. The number of nitrogens with one attached hydrogen (secondary N) is 2. The summed E-state index contributed by atoms with van der Waals surface area (Å²) in [6, 6.07) is 0.469. The molecule has 2 N–H and O–H groups in total. The molecule has 3 heteroatoms. The van der Waals surface area contributed by atoms with Gasteiger partial charge in [-0.2, -0.15) is 0 Å². The van der Waals surface area contributed by atoms with E-state index < -0.39 is 0 Å². The van der Waals surface area contributed by atoms with Gasteiger partial charge >= 0.3 is 6.03 Å². The number of urea groups is 1. The third kappa shape index (κ3) is 3.40. The summed E-state index contributed by atoms with van der Waals surface area (Å²) in [5.41, 5.74) is 0. The lowest BCUT2D eigenvalue weighted by Crippen LogP contribution is -2.43. The predicted octanol–water partition coefficient (Wildman–Crippen LogP) is 2.27. The lowest BCUT2D eigenvalue weighted by molar-refractivity contribution is 0.232. The SMILES string of the molecule is CC1CC1CNC(=O)NC1CCCCC1. The Labute approximate surface area is 92.0 Å². The second-order valence-electron chi connectivity index (χ2n) is 5.16. The van der Waals surface area contributed by atoms with E-state index in [2.05, 4.69) is 17.6 Å². The molecule has 2 fully saturated rings. The summed E-state index contributed by atoms with van der Waals surface area (Å²) >= 11 is 0. The summed E-state index contributed by atoms with van der Waals surface area (Å²) in [5, 5.41) is 6.04. The van der Waals surface area contributed by atoms with Crippen molar-refractivity contribution in [2.45, 2.75) is 51.5 Å². The standard InChI is InChI=1S/C12H22N2O/c1-9-7-10(9)8-13-12(15)14-11-5-3-2-4-6-11/h9-11H,2-8H2,1H3,(H2,13,14,15). The zero-order valence-corrected chi connectivity index (χ0v) is 9.59. The van der Waals surface area contributed by atoms with Gasteiger partial charge in [0.1, 0.15) is 0 Å². The molecular formula is C12H22N2O. The molecule has 0 aromatic carbocycles. The van der Waals surface area contributed by atoms with E-state index in [9.17, 15) is 4.79 Å². The largest absolute Gasteiger partial charge is 0.338 e. The van der Waals surface area contributed by atoms with E-state index in [0.717, 1.165) is 31.2 Å². The van der Waals surface area contributed by atoms with E-state index >= 15 is 0 Å². The maximum absolute atomic E-state index is 11.5. The summed E-state index contributed by atoms with van der Waals surface area (Å²) < 4.78 is 0. The molecule has 15 heavy (non-hydrogen) atoms. The van der Waals surface area contributed by atoms with Crippen molar-refractivity contribution in [2.75, 3.05) is 6.54 Å². The molecule has 0 heterocycles. The van der Waals surface area contributed by atoms with Crippen LogP contribution in [-0.4, -0.2) is 18.6 Å². The minimum absolute atomic E-state index is 0.0426. The van der Waals surface area contributed by atoms with Crippen molar-refractivity contribution in [1.82, 2.24) is 10.6 Å². The highest BCUT2D eigenvalue weighted by Gasteiger charge is 2.32. The van der Waals surface area contributed by atoms with Crippen LogP contribution in [0.1, 0.15) is 45.4 Å². The Morgan fingerprint density at radius 3 is 2.53 bits per heavy atom. The molecule has 2 aliphatic rings. The normalized spacial score (nSPS) is 31.0. The van der Waals surface area contributed by atoms with Crippen molar-refractivity contribution >= 4 is 6.03 Å². The van der Waals surface area contributed by atoms with Crippen LogP contribution >= 0.6 is 0 Å². The van der Waals surface area contributed by atoms with Crippen LogP contribution in [0.4, 0.5) is 4.79 Å². The van der Waals surface area contributed by atoms with Gasteiger partial charge in [-0.15, -0.1) is 0 Å². The molecule has 0 aromatic rings. The highest BCUT2D eigenvalue weighted by Crippen LogP contribution is 2.36. The maximum Gasteiger partial charge on any atom is 0.315 e. The Balaban J connectivity index is 1.59. The van der Waals surface area contributed by atoms with Crippen molar-refractivity contribution < 1.29 is 4.79 Å². The van der Waals surface area contributed by atoms with Crippen LogP contribution in [0, 0.1) is 11.8 Å². The van der Waals surface area contributed by atoms with E-state index in [1.807, 2.05) is 0 Å². The molecule has 86 valence electrons. The molecule has 2 saturated carbocycles. The number of carbonyl (C=O) groups is 1. The van der Waals surface area contributed by atoms with Gasteiger partial charge in [-0.05, 0) is 31.1 Å². The van der Waals surface area contributed by atoms with Gasteiger partial charge in [0.25, 0.3) is 0 Å². The summed E-state index contributed by atoms with van der Waals surface area (Å²) in [6.07, 6.45) is 7.47. The van der Waals surface area contributed by atoms with E-state index in [4.69, 9.17) is 0 Å². The quantitative estimate of drug-likeness (QED) is 0.737. The molecule has 0 radical (unpaired) electrons. The molecular weight excluding hydrogens is 188 g/mol. The van der Waals surface area contributed by atoms with Gasteiger partial charge in [-0.25, -0.2) is 4.79 Å². The third-order valence-electron chi connectivity index (χ3n) is 3.74. The first-order valence-electron chi connectivity index (χ1n) is 6.30. The van der Waals surface area contributed by atoms with Crippen molar-refractivity contribution in [3.05, 3.63) is 0 Å². The zero-order chi connectivity index (χ0) is 10.7. The first-order valence-corrected chi connectivity index (χ1v) is 6.30. The fourth-order valence-electron chi connectivity index (χ4n) is 2.39.